The summed E-state index contributed by atoms with van der Waals surface area (Å²) in [6.07, 6.45) is 0. The van der Waals surface area contributed by atoms with Crippen molar-refractivity contribution < 1.29 is 14.3 Å². The van der Waals surface area contributed by atoms with Crippen LogP contribution in [0.4, 0.5) is 5.69 Å². The zero-order chi connectivity index (χ0) is 23.1. The van der Waals surface area contributed by atoms with Crippen LogP contribution in [-0.4, -0.2) is 30.3 Å². The fourth-order valence-electron chi connectivity index (χ4n) is 4.29. The number of rotatable bonds is 5. The summed E-state index contributed by atoms with van der Waals surface area (Å²) in [6, 6.07) is 20.4. The van der Waals surface area contributed by atoms with Crippen LogP contribution in [0.3, 0.4) is 0 Å². The summed E-state index contributed by atoms with van der Waals surface area (Å²) >= 11 is 6.13. The molecule has 1 N–H and O–H groups in total. The van der Waals surface area contributed by atoms with Crippen LogP contribution in [-0.2, 0) is 0 Å². The summed E-state index contributed by atoms with van der Waals surface area (Å²) in [5, 5.41) is 8.12. The summed E-state index contributed by atoms with van der Waals surface area (Å²) in [5.41, 5.74) is 5.57. The average Bonchev–Trinajstić information content (AvgIpc) is 3.39. The number of nitrogens with one attached hydrogen (secondary N) is 1. The zero-order valence-electron chi connectivity index (χ0n) is 18.4. The Balaban J connectivity index is 1.76. The van der Waals surface area contributed by atoms with Crippen molar-refractivity contribution in [2.24, 2.45) is 0 Å². The Labute approximate surface area is 196 Å². The van der Waals surface area contributed by atoms with E-state index >= 15 is 0 Å². The molecule has 0 spiro atoms. The summed E-state index contributed by atoms with van der Waals surface area (Å²) in [4.78, 5) is 15.4. The molecule has 1 amide bonds. The third kappa shape index (κ3) is 3.52. The van der Waals surface area contributed by atoms with E-state index in [9.17, 15) is 4.79 Å². The van der Waals surface area contributed by atoms with E-state index in [0.29, 0.717) is 22.2 Å². The molecule has 0 aliphatic carbocycles. The van der Waals surface area contributed by atoms with Crippen molar-refractivity contribution in [3.63, 3.8) is 0 Å². The standard InChI is InChI=1S/C26H22ClN3O3/c1-15-4-6-16(7-5-15)23-22-24(29-28-23)26(31)30(18-10-8-17(27)9-11-18)25(22)20-14-19(32-2)12-13-21(20)33-3/h4-14,25H,1-3H3,(H,28,29). The molecule has 2 heterocycles. The van der Waals surface area contributed by atoms with Gasteiger partial charge >= 0.3 is 0 Å². The van der Waals surface area contributed by atoms with Gasteiger partial charge in [0, 0.05) is 27.4 Å². The first-order valence-electron chi connectivity index (χ1n) is 10.5. The van der Waals surface area contributed by atoms with Crippen LogP contribution in [0.1, 0.15) is 33.2 Å². The highest BCUT2D eigenvalue weighted by molar-refractivity contribution is 6.30. The Morgan fingerprint density at radius 3 is 2.36 bits per heavy atom. The number of halogens is 1. The summed E-state index contributed by atoms with van der Waals surface area (Å²) in [5.74, 6) is 1.15. The SMILES string of the molecule is COc1ccc(OC)c(C2c3c(-c4ccc(C)cc4)n[nH]c3C(=O)N2c2ccc(Cl)cc2)c1. The largest absolute Gasteiger partial charge is 0.497 e. The van der Waals surface area contributed by atoms with E-state index in [-0.39, 0.29) is 5.91 Å². The van der Waals surface area contributed by atoms with E-state index < -0.39 is 6.04 Å². The lowest BCUT2D eigenvalue weighted by atomic mass is 9.94. The van der Waals surface area contributed by atoms with E-state index in [1.165, 1.54) is 0 Å². The van der Waals surface area contributed by atoms with Gasteiger partial charge in [-0.25, -0.2) is 0 Å². The number of carbonyl (C=O) groups excluding carboxylic acids is 1. The second kappa shape index (κ2) is 8.30. The maximum atomic E-state index is 13.7. The minimum absolute atomic E-state index is 0.173. The number of H-pyrrole nitrogens is 1. The van der Waals surface area contributed by atoms with Gasteiger partial charge in [0.2, 0.25) is 0 Å². The van der Waals surface area contributed by atoms with Gasteiger partial charge in [-0.1, -0.05) is 41.4 Å². The van der Waals surface area contributed by atoms with Crippen molar-refractivity contribution in [1.29, 1.82) is 0 Å². The van der Waals surface area contributed by atoms with Gasteiger partial charge in [0.15, 0.2) is 0 Å². The summed E-state index contributed by atoms with van der Waals surface area (Å²) in [7, 11) is 3.23. The maximum Gasteiger partial charge on any atom is 0.277 e. The van der Waals surface area contributed by atoms with Crippen molar-refractivity contribution in [2.45, 2.75) is 13.0 Å². The number of methoxy groups -OCH3 is 2. The van der Waals surface area contributed by atoms with Crippen LogP contribution >= 0.6 is 11.6 Å². The smallest absolute Gasteiger partial charge is 0.277 e. The first-order chi connectivity index (χ1) is 16.0. The third-order valence-corrected chi connectivity index (χ3v) is 6.18. The first kappa shape index (κ1) is 21.1. The maximum absolute atomic E-state index is 13.7. The molecule has 1 aromatic heterocycles. The van der Waals surface area contributed by atoms with E-state index in [1.807, 2.05) is 61.5 Å². The predicted octanol–water partition coefficient (Wildman–Crippen LogP) is 5.81. The van der Waals surface area contributed by atoms with E-state index in [0.717, 1.165) is 33.6 Å². The van der Waals surface area contributed by atoms with Crippen LogP contribution in [0.2, 0.25) is 5.02 Å². The molecule has 3 aromatic carbocycles. The molecule has 7 heteroatoms. The van der Waals surface area contributed by atoms with Gasteiger partial charge in [0.05, 0.1) is 26.0 Å². The molecule has 1 atom stereocenters. The Morgan fingerprint density at radius 2 is 1.70 bits per heavy atom. The Morgan fingerprint density at radius 1 is 0.970 bits per heavy atom. The number of hydrogen-bond donors (Lipinski definition) is 1. The number of carbonyl (C=O) groups is 1. The number of benzene rings is 3. The molecule has 1 aliphatic rings. The number of anilines is 1. The highest BCUT2D eigenvalue weighted by Crippen LogP contribution is 2.48. The molecule has 0 saturated heterocycles. The molecule has 0 bridgehead atoms. The minimum Gasteiger partial charge on any atom is -0.497 e. The quantitative estimate of drug-likeness (QED) is 0.409. The summed E-state index contributed by atoms with van der Waals surface area (Å²) in [6.45, 7) is 2.04. The lowest BCUT2D eigenvalue weighted by Crippen LogP contribution is -2.29. The van der Waals surface area contributed by atoms with Crippen molar-refractivity contribution in [3.05, 3.63) is 94.1 Å². The molecule has 166 valence electrons. The minimum atomic E-state index is -0.478. The Kier molecular flexibility index (Phi) is 5.30. The Hall–Kier alpha value is -3.77. The van der Waals surface area contributed by atoms with Crippen LogP contribution < -0.4 is 14.4 Å². The highest BCUT2D eigenvalue weighted by Gasteiger charge is 2.44. The van der Waals surface area contributed by atoms with E-state index in [4.69, 9.17) is 21.1 Å². The molecule has 5 rings (SSSR count). The van der Waals surface area contributed by atoms with E-state index in [2.05, 4.69) is 10.2 Å². The van der Waals surface area contributed by atoms with Crippen molar-refractivity contribution in [2.75, 3.05) is 19.1 Å². The number of aromatic amines is 1. The van der Waals surface area contributed by atoms with Gasteiger partial charge in [-0.3, -0.25) is 14.8 Å². The normalized spacial score (nSPS) is 15.0. The monoisotopic (exact) mass is 459 g/mol. The zero-order valence-corrected chi connectivity index (χ0v) is 19.2. The number of fused-ring (bicyclic) bond motifs is 1. The number of aryl methyl sites for hydroxylation is 1. The lowest BCUT2D eigenvalue weighted by molar-refractivity contribution is 0.0988. The van der Waals surface area contributed by atoms with Gasteiger partial charge in [0.1, 0.15) is 17.2 Å². The number of aromatic nitrogens is 2. The molecule has 0 saturated carbocycles. The highest BCUT2D eigenvalue weighted by atomic mass is 35.5. The molecule has 4 aromatic rings. The molecule has 0 fully saturated rings. The number of amides is 1. The van der Waals surface area contributed by atoms with Crippen molar-refractivity contribution in [1.82, 2.24) is 10.2 Å². The number of ether oxygens (including phenoxy) is 2. The fraction of sp³-hybridized carbons (Fsp3) is 0.154. The molecule has 33 heavy (non-hydrogen) atoms. The van der Waals surface area contributed by atoms with Gasteiger partial charge in [-0.05, 0) is 49.4 Å². The second-order valence-electron chi connectivity index (χ2n) is 7.89. The van der Waals surface area contributed by atoms with Gasteiger partial charge in [-0.2, -0.15) is 5.10 Å². The van der Waals surface area contributed by atoms with E-state index in [1.54, 1.807) is 31.3 Å². The molecular weight excluding hydrogens is 438 g/mol. The molecular formula is C26H22ClN3O3. The lowest BCUT2D eigenvalue weighted by Gasteiger charge is -2.28. The average molecular weight is 460 g/mol. The van der Waals surface area contributed by atoms with Gasteiger partial charge in [0.25, 0.3) is 5.91 Å². The van der Waals surface area contributed by atoms with Crippen LogP contribution in [0.25, 0.3) is 11.3 Å². The number of nitrogens with zero attached hydrogens (tertiary/aromatic N) is 2. The molecule has 1 unspecified atom stereocenters. The molecule has 1 aliphatic heterocycles. The second-order valence-corrected chi connectivity index (χ2v) is 8.33. The van der Waals surface area contributed by atoms with Crippen LogP contribution in [0.15, 0.2) is 66.7 Å². The molecule has 0 radical (unpaired) electrons. The van der Waals surface area contributed by atoms with Crippen molar-refractivity contribution in [3.8, 4) is 22.8 Å². The third-order valence-electron chi connectivity index (χ3n) is 5.93. The van der Waals surface area contributed by atoms with Gasteiger partial charge in [-0.15, -0.1) is 0 Å². The first-order valence-corrected chi connectivity index (χ1v) is 10.9. The summed E-state index contributed by atoms with van der Waals surface area (Å²) < 4.78 is 11.2. The van der Waals surface area contributed by atoms with Crippen LogP contribution in [0, 0.1) is 6.92 Å². The number of hydrogen-bond acceptors (Lipinski definition) is 4. The fourth-order valence-corrected chi connectivity index (χ4v) is 4.42. The topological polar surface area (TPSA) is 67.5 Å². The van der Waals surface area contributed by atoms with Gasteiger partial charge < -0.3 is 9.47 Å². The predicted molar refractivity (Wildman–Crippen MR) is 128 cm³/mol. The Bertz CT molecular complexity index is 1330. The van der Waals surface area contributed by atoms with Crippen LogP contribution in [0.5, 0.6) is 11.5 Å². The molecule has 6 nitrogen and oxygen atoms in total. The van der Waals surface area contributed by atoms with Crippen molar-refractivity contribution >= 4 is 23.2 Å².